The molecule has 0 bridgehead atoms. The van der Waals surface area contributed by atoms with Gasteiger partial charge in [0.25, 0.3) is 0 Å². The van der Waals surface area contributed by atoms with Gasteiger partial charge in [-0.3, -0.25) is 19.6 Å². The summed E-state index contributed by atoms with van der Waals surface area (Å²) in [5.74, 6) is -0.610. The number of benzene rings is 1. The van der Waals surface area contributed by atoms with E-state index in [0.717, 1.165) is 11.8 Å². The van der Waals surface area contributed by atoms with Crippen LogP contribution in [0.2, 0.25) is 5.02 Å². The summed E-state index contributed by atoms with van der Waals surface area (Å²) in [4.78, 5) is 22.3. The lowest BCUT2D eigenvalue weighted by atomic mass is 10.1. The maximum Gasteiger partial charge on any atom is 0.306 e. The van der Waals surface area contributed by atoms with Gasteiger partial charge >= 0.3 is 5.69 Å². The Balaban J connectivity index is 2.02. The minimum Gasteiger partial charge on any atom is -0.326 e. The minimum atomic E-state index is -0.524. The summed E-state index contributed by atoms with van der Waals surface area (Å²) < 4.78 is 1.38. The number of nitro groups is 1. The molecule has 8 heteroatoms. The maximum absolute atomic E-state index is 12.2. The smallest absolute Gasteiger partial charge is 0.306 e. The van der Waals surface area contributed by atoms with Gasteiger partial charge in [-0.2, -0.15) is 5.10 Å². The van der Waals surface area contributed by atoms with Crippen LogP contribution in [0.25, 0.3) is 0 Å². The Morgan fingerprint density at radius 1 is 1.55 bits per heavy atom. The molecule has 1 unspecified atom stereocenters. The van der Waals surface area contributed by atoms with Gasteiger partial charge in [-0.15, -0.1) is 0 Å². The van der Waals surface area contributed by atoms with Crippen LogP contribution in [0.3, 0.4) is 0 Å². The Kier molecular flexibility index (Phi) is 4.77. The van der Waals surface area contributed by atoms with Gasteiger partial charge in [0.15, 0.2) is 0 Å². The summed E-state index contributed by atoms with van der Waals surface area (Å²) in [5.41, 5.74) is 1.34. The molecule has 2 aromatic rings. The summed E-state index contributed by atoms with van der Waals surface area (Å²) >= 11 is 6.01. The minimum absolute atomic E-state index is 0.0988. The number of carbonyl (C=O) groups excluding carboxylic acids is 1. The largest absolute Gasteiger partial charge is 0.326 e. The molecule has 1 atom stereocenters. The fourth-order valence-electron chi connectivity index (χ4n) is 1.91. The van der Waals surface area contributed by atoms with Crippen LogP contribution in [0.1, 0.15) is 12.5 Å². The number of nitrogens with one attached hydrogen (secondary N) is 1. The molecule has 0 radical (unpaired) electrons. The fourth-order valence-corrected chi connectivity index (χ4v) is 2.08. The van der Waals surface area contributed by atoms with E-state index in [1.165, 1.54) is 10.9 Å². The van der Waals surface area contributed by atoms with Gasteiger partial charge in [-0.1, -0.05) is 24.6 Å². The molecule has 0 aliphatic rings. The SMILES string of the molecule is Cc1c(Cl)cccc1NC(=O)C(C)Cn1cc([N+](=O)[O-])cn1. The summed E-state index contributed by atoms with van der Waals surface area (Å²) in [6.45, 7) is 3.79. The summed E-state index contributed by atoms with van der Waals surface area (Å²) in [6.07, 6.45) is 2.46. The number of hydrogen-bond acceptors (Lipinski definition) is 4. The lowest BCUT2D eigenvalue weighted by Crippen LogP contribution is -2.25. The van der Waals surface area contributed by atoms with Crippen LogP contribution in [0.5, 0.6) is 0 Å². The second kappa shape index (κ2) is 6.57. The lowest BCUT2D eigenvalue weighted by molar-refractivity contribution is -0.385. The molecule has 7 nitrogen and oxygen atoms in total. The summed E-state index contributed by atoms with van der Waals surface area (Å²) in [7, 11) is 0. The van der Waals surface area contributed by atoms with Crippen LogP contribution in [0.15, 0.2) is 30.6 Å². The van der Waals surface area contributed by atoms with E-state index in [1.54, 1.807) is 25.1 Å². The zero-order chi connectivity index (χ0) is 16.3. The predicted molar refractivity (Wildman–Crippen MR) is 82.9 cm³/mol. The Bertz CT molecular complexity index is 714. The highest BCUT2D eigenvalue weighted by Crippen LogP contribution is 2.23. The van der Waals surface area contributed by atoms with Crippen LogP contribution < -0.4 is 5.32 Å². The topological polar surface area (TPSA) is 90.1 Å². The van der Waals surface area contributed by atoms with Gasteiger partial charge in [0, 0.05) is 10.7 Å². The number of amides is 1. The van der Waals surface area contributed by atoms with Gasteiger partial charge in [-0.05, 0) is 24.6 Å². The Morgan fingerprint density at radius 3 is 2.91 bits per heavy atom. The Labute approximate surface area is 132 Å². The van der Waals surface area contributed by atoms with Crippen LogP contribution in [-0.2, 0) is 11.3 Å². The molecule has 2 rings (SSSR count). The normalized spacial score (nSPS) is 12.0. The average Bonchev–Trinajstić information content (AvgIpc) is 2.92. The van der Waals surface area contributed by atoms with Crippen molar-refractivity contribution in [1.82, 2.24) is 9.78 Å². The first-order valence-corrected chi connectivity index (χ1v) is 6.99. The zero-order valence-corrected chi connectivity index (χ0v) is 12.9. The van der Waals surface area contributed by atoms with Crippen molar-refractivity contribution in [3.63, 3.8) is 0 Å². The van der Waals surface area contributed by atoms with Crippen LogP contribution in [0.4, 0.5) is 11.4 Å². The first kappa shape index (κ1) is 16.0. The molecule has 1 N–H and O–H groups in total. The third-order valence-corrected chi connectivity index (χ3v) is 3.67. The van der Waals surface area contributed by atoms with E-state index in [2.05, 4.69) is 10.4 Å². The molecule has 1 amide bonds. The van der Waals surface area contributed by atoms with Crippen molar-refractivity contribution in [2.24, 2.45) is 5.92 Å². The van der Waals surface area contributed by atoms with Crippen molar-refractivity contribution in [1.29, 1.82) is 0 Å². The molecule has 1 aromatic heterocycles. The van der Waals surface area contributed by atoms with Crippen molar-refractivity contribution >= 4 is 28.9 Å². The first-order valence-electron chi connectivity index (χ1n) is 6.61. The van der Waals surface area contributed by atoms with Crippen molar-refractivity contribution in [3.8, 4) is 0 Å². The molecule has 0 fully saturated rings. The lowest BCUT2D eigenvalue weighted by Gasteiger charge is -2.14. The molecule has 0 saturated carbocycles. The van der Waals surface area contributed by atoms with Gasteiger partial charge in [0.2, 0.25) is 5.91 Å². The standard InChI is InChI=1S/C14H15ClN4O3/c1-9(7-18-8-11(6-16-18)19(21)22)14(20)17-13-5-3-4-12(15)10(13)2/h3-6,8-9H,7H2,1-2H3,(H,17,20). The molecule has 0 spiro atoms. The van der Waals surface area contributed by atoms with E-state index in [-0.39, 0.29) is 18.1 Å². The van der Waals surface area contributed by atoms with Crippen molar-refractivity contribution < 1.29 is 9.72 Å². The monoisotopic (exact) mass is 322 g/mol. The molecule has 1 heterocycles. The third-order valence-electron chi connectivity index (χ3n) is 3.26. The van der Waals surface area contributed by atoms with E-state index in [9.17, 15) is 14.9 Å². The van der Waals surface area contributed by atoms with Crippen LogP contribution in [-0.4, -0.2) is 20.6 Å². The molecular formula is C14H15ClN4O3. The Hall–Kier alpha value is -2.41. The highest BCUT2D eigenvalue weighted by atomic mass is 35.5. The van der Waals surface area contributed by atoms with Crippen molar-refractivity contribution in [2.75, 3.05) is 5.32 Å². The number of hydrogen-bond donors (Lipinski definition) is 1. The predicted octanol–water partition coefficient (Wildman–Crippen LogP) is 3.03. The number of nitrogens with zero attached hydrogens (tertiary/aromatic N) is 3. The molecule has 0 aliphatic carbocycles. The Morgan fingerprint density at radius 2 is 2.27 bits per heavy atom. The highest BCUT2D eigenvalue weighted by Gasteiger charge is 2.17. The average molecular weight is 323 g/mol. The summed E-state index contributed by atoms with van der Waals surface area (Å²) in [5, 5.41) is 17.9. The maximum atomic E-state index is 12.2. The first-order chi connectivity index (χ1) is 10.4. The van der Waals surface area contributed by atoms with Crippen molar-refractivity contribution in [2.45, 2.75) is 20.4 Å². The van der Waals surface area contributed by atoms with Gasteiger partial charge in [0.05, 0.1) is 17.4 Å². The van der Waals surface area contributed by atoms with E-state index < -0.39 is 10.8 Å². The highest BCUT2D eigenvalue weighted by molar-refractivity contribution is 6.31. The molecule has 0 saturated heterocycles. The quantitative estimate of drug-likeness (QED) is 0.676. The molecular weight excluding hydrogens is 308 g/mol. The van der Waals surface area contributed by atoms with E-state index in [4.69, 9.17) is 11.6 Å². The number of rotatable bonds is 5. The van der Waals surface area contributed by atoms with E-state index in [0.29, 0.717) is 10.7 Å². The van der Waals surface area contributed by atoms with Crippen LogP contribution >= 0.6 is 11.6 Å². The number of halogens is 1. The number of carbonyl (C=O) groups is 1. The van der Waals surface area contributed by atoms with Gasteiger partial charge in [-0.25, -0.2) is 0 Å². The molecule has 22 heavy (non-hydrogen) atoms. The molecule has 0 aliphatic heterocycles. The van der Waals surface area contributed by atoms with E-state index >= 15 is 0 Å². The second-order valence-electron chi connectivity index (χ2n) is 4.98. The van der Waals surface area contributed by atoms with Gasteiger partial charge < -0.3 is 5.32 Å². The van der Waals surface area contributed by atoms with E-state index in [1.807, 2.05) is 6.92 Å². The van der Waals surface area contributed by atoms with Crippen molar-refractivity contribution in [3.05, 3.63) is 51.3 Å². The second-order valence-corrected chi connectivity index (χ2v) is 5.39. The third kappa shape index (κ3) is 3.62. The zero-order valence-electron chi connectivity index (χ0n) is 12.1. The van der Waals surface area contributed by atoms with Gasteiger partial charge in [0.1, 0.15) is 12.4 Å². The number of aromatic nitrogens is 2. The molecule has 1 aromatic carbocycles. The van der Waals surface area contributed by atoms with Crippen LogP contribution in [0, 0.1) is 23.0 Å². The fraction of sp³-hybridized carbons (Fsp3) is 0.286. The molecule has 116 valence electrons. The summed E-state index contributed by atoms with van der Waals surface area (Å²) in [6, 6.07) is 5.27. The number of anilines is 1.